The monoisotopic (exact) mass is 523 g/mol. The fourth-order valence-electron chi connectivity index (χ4n) is 6.62. The summed E-state index contributed by atoms with van der Waals surface area (Å²) in [7, 11) is 0. The molecule has 0 saturated heterocycles. The Hall–Kier alpha value is -4.77. The van der Waals surface area contributed by atoms with E-state index in [-0.39, 0.29) is 17.7 Å². The number of fused-ring (bicyclic) bond motifs is 2. The molecule has 4 aromatic carbocycles. The highest BCUT2D eigenvalue weighted by atomic mass is 16.2. The number of aryl methyl sites for hydroxylation is 1. The molecular formula is C35H29N3O2. The quantitative estimate of drug-likeness (QED) is 0.199. The van der Waals surface area contributed by atoms with Crippen LogP contribution in [-0.2, 0) is 18.4 Å². The van der Waals surface area contributed by atoms with Crippen molar-refractivity contribution >= 4 is 11.8 Å². The Balaban J connectivity index is 1.33. The molecule has 0 fully saturated rings. The second kappa shape index (κ2) is 9.76. The van der Waals surface area contributed by atoms with E-state index in [0.717, 1.165) is 47.3 Å². The summed E-state index contributed by atoms with van der Waals surface area (Å²) >= 11 is 0. The van der Waals surface area contributed by atoms with Crippen LogP contribution >= 0.6 is 0 Å². The topological polar surface area (TPSA) is 55.2 Å². The van der Waals surface area contributed by atoms with Crippen molar-refractivity contribution in [2.45, 2.75) is 24.8 Å². The first kappa shape index (κ1) is 24.3. The number of imide groups is 1. The van der Waals surface area contributed by atoms with E-state index < -0.39 is 5.54 Å². The lowest BCUT2D eigenvalue weighted by molar-refractivity contribution is 0.0623. The number of nitrogens with zero attached hydrogens (tertiary/aromatic N) is 3. The van der Waals surface area contributed by atoms with E-state index >= 15 is 0 Å². The van der Waals surface area contributed by atoms with Crippen LogP contribution in [0.5, 0.6) is 0 Å². The van der Waals surface area contributed by atoms with Crippen LogP contribution in [0.2, 0.25) is 0 Å². The number of carbonyl (C=O) groups excluding carboxylic acids is 2. The molecule has 5 heteroatoms. The highest BCUT2D eigenvalue weighted by Crippen LogP contribution is 2.43. The Kier molecular flexibility index (Phi) is 5.93. The van der Waals surface area contributed by atoms with Gasteiger partial charge in [-0.15, -0.1) is 0 Å². The first-order chi connectivity index (χ1) is 19.7. The molecule has 1 aromatic heterocycles. The highest BCUT2D eigenvalue weighted by Gasteiger charge is 2.42. The lowest BCUT2D eigenvalue weighted by Gasteiger charge is -2.40. The van der Waals surface area contributed by atoms with Gasteiger partial charge in [-0.25, -0.2) is 4.98 Å². The van der Waals surface area contributed by atoms with Gasteiger partial charge in [0, 0.05) is 12.2 Å². The standard InChI is InChI=1S/C35H29N3O2/c39-33-29-18-10-11-19-30(29)34(40)37(33)23-25-20-21-31-32(22-25)38(24-36-31)35(26-12-4-1-5-13-26,27-14-6-2-7-15-27)28-16-8-3-9-17-28/h1-19,24-25H,20-23H2. The van der Waals surface area contributed by atoms with Gasteiger partial charge in [0.05, 0.1) is 23.1 Å². The summed E-state index contributed by atoms with van der Waals surface area (Å²) in [6, 6.07) is 38.9. The van der Waals surface area contributed by atoms with Gasteiger partial charge in [0.15, 0.2) is 0 Å². The van der Waals surface area contributed by atoms with E-state index in [1.807, 2.05) is 36.7 Å². The van der Waals surface area contributed by atoms with Gasteiger partial charge in [-0.05, 0) is 54.0 Å². The first-order valence-corrected chi connectivity index (χ1v) is 13.9. The average molecular weight is 524 g/mol. The van der Waals surface area contributed by atoms with Gasteiger partial charge in [-0.3, -0.25) is 14.5 Å². The van der Waals surface area contributed by atoms with Crippen molar-refractivity contribution in [2.75, 3.05) is 6.54 Å². The van der Waals surface area contributed by atoms with Gasteiger partial charge in [-0.1, -0.05) is 103 Å². The number of hydrogen-bond acceptors (Lipinski definition) is 3. The largest absolute Gasteiger partial charge is 0.316 e. The van der Waals surface area contributed by atoms with Gasteiger partial charge in [0.1, 0.15) is 5.54 Å². The molecule has 2 heterocycles. The molecule has 0 spiro atoms. The maximum atomic E-state index is 13.1. The molecule has 0 radical (unpaired) electrons. The number of rotatable bonds is 6. The Bertz CT molecular complexity index is 1560. The normalized spacial score (nSPS) is 16.6. The fourth-order valence-corrected chi connectivity index (χ4v) is 6.62. The van der Waals surface area contributed by atoms with Crippen molar-refractivity contribution in [2.24, 2.45) is 5.92 Å². The Morgan fingerprint density at radius 3 is 1.65 bits per heavy atom. The number of carbonyl (C=O) groups is 2. The molecule has 1 aliphatic heterocycles. The Labute approximate surface area is 233 Å². The number of hydrogen-bond donors (Lipinski definition) is 0. The van der Waals surface area contributed by atoms with Crippen LogP contribution in [0.25, 0.3) is 0 Å². The second-order valence-corrected chi connectivity index (χ2v) is 10.7. The molecule has 2 amide bonds. The van der Waals surface area contributed by atoms with E-state index in [0.29, 0.717) is 17.7 Å². The van der Waals surface area contributed by atoms with Crippen molar-refractivity contribution in [3.8, 4) is 0 Å². The third kappa shape index (κ3) is 3.73. The molecular weight excluding hydrogens is 494 g/mol. The van der Waals surface area contributed by atoms with Gasteiger partial charge < -0.3 is 4.57 Å². The second-order valence-electron chi connectivity index (χ2n) is 10.7. The Morgan fingerprint density at radius 1 is 0.675 bits per heavy atom. The van der Waals surface area contributed by atoms with E-state index in [1.165, 1.54) is 4.90 Å². The van der Waals surface area contributed by atoms with E-state index in [2.05, 4.69) is 77.4 Å². The lowest BCUT2D eigenvalue weighted by Crippen LogP contribution is -2.40. The summed E-state index contributed by atoms with van der Waals surface area (Å²) < 4.78 is 2.34. The third-order valence-corrected chi connectivity index (χ3v) is 8.48. The molecule has 40 heavy (non-hydrogen) atoms. The summed E-state index contributed by atoms with van der Waals surface area (Å²) in [5.74, 6) is -0.232. The predicted octanol–water partition coefficient (Wildman–Crippen LogP) is 6.12. The average Bonchev–Trinajstić information content (AvgIpc) is 3.54. The van der Waals surface area contributed by atoms with Crippen LogP contribution in [0.1, 0.15) is 55.2 Å². The van der Waals surface area contributed by atoms with E-state index in [4.69, 9.17) is 4.98 Å². The Morgan fingerprint density at radius 2 is 1.15 bits per heavy atom. The summed E-state index contributed by atoms with van der Waals surface area (Å²) in [6.45, 7) is 0.409. The minimum absolute atomic E-state index is 0.144. The third-order valence-electron chi connectivity index (χ3n) is 8.48. The predicted molar refractivity (Wildman–Crippen MR) is 154 cm³/mol. The SMILES string of the molecule is O=C1c2ccccc2C(=O)N1CC1CCc2ncn(C(c3ccccc3)(c3ccccc3)c3ccccc3)c2C1. The maximum absolute atomic E-state index is 13.1. The molecule has 1 aliphatic carbocycles. The van der Waals surface area contributed by atoms with Crippen molar-refractivity contribution < 1.29 is 9.59 Å². The highest BCUT2D eigenvalue weighted by molar-refractivity contribution is 6.21. The van der Waals surface area contributed by atoms with Crippen molar-refractivity contribution in [1.29, 1.82) is 0 Å². The maximum Gasteiger partial charge on any atom is 0.261 e. The molecule has 5 aromatic rings. The molecule has 0 N–H and O–H groups in total. The first-order valence-electron chi connectivity index (χ1n) is 13.9. The van der Waals surface area contributed by atoms with Gasteiger partial charge in [-0.2, -0.15) is 0 Å². The van der Waals surface area contributed by atoms with Crippen LogP contribution < -0.4 is 0 Å². The van der Waals surface area contributed by atoms with Gasteiger partial charge in [0.2, 0.25) is 0 Å². The number of aromatic nitrogens is 2. The van der Waals surface area contributed by atoms with E-state index in [1.54, 1.807) is 12.1 Å². The molecule has 1 atom stereocenters. The van der Waals surface area contributed by atoms with Crippen LogP contribution in [0.15, 0.2) is 122 Å². The summed E-state index contributed by atoms with van der Waals surface area (Å²) in [5.41, 5.74) is 6.06. The summed E-state index contributed by atoms with van der Waals surface area (Å²) in [5, 5.41) is 0. The van der Waals surface area contributed by atoms with Gasteiger partial charge >= 0.3 is 0 Å². The minimum atomic E-state index is -0.637. The van der Waals surface area contributed by atoms with Crippen molar-refractivity contribution in [3.05, 3.63) is 161 Å². The summed E-state index contributed by atoms with van der Waals surface area (Å²) in [6.07, 6.45) is 4.41. The zero-order chi connectivity index (χ0) is 27.1. The van der Waals surface area contributed by atoms with Crippen molar-refractivity contribution in [3.63, 3.8) is 0 Å². The molecule has 0 saturated carbocycles. The van der Waals surface area contributed by atoms with Crippen LogP contribution in [0.3, 0.4) is 0 Å². The van der Waals surface area contributed by atoms with Gasteiger partial charge in [0.25, 0.3) is 11.8 Å². The molecule has 2 aliphatic rings. The number of imidazole rings is 1. The van der Waals surface area contributed by atoms with Crippen molar-refractivity contribution in [1.82, 2.24) is 14.5 Å². The molecule has 0 bridgehead atoms. The lowest BCUT2D eigenvalue weighted by atomic mass is 9.76. The zero-order valence-electron chi connectivity index (χ0n) is 22.1. The fraction of sp³-hybridized carbons (Fsp3) is 0.171. The number of benzene rings is 4. The zero-order valence-corrected chi connectivity index (χ0v) is 22.1. The smallest absolute Gasteiger partial charge is 0.261 e. The van der Waals surface area contributed by atoms with E-state index in [9.17, 15) is 9.59 Å². The summed E-state index contributed by atoms with van der Waals surface area (Å²) in [4.78, 5) is 32.7. The van der Waals surface area contributed by atoms with Crippen LogP contribution in [-0.4, -0.2) is 32.8 Å². The molecule has 5 nitrogen and oxygen atoms in total. The molecule has 7 rings (SSSR count). The number of amides is 2. The molecule has 196 valence electrons. The van der Waals surface area contributed by atoms with Crippen LogP contribution in [0, 0.1) is 5.92 Å². The van der Waals surface area contributed by atoms with Crippen LogP contribution in [0.4, 0.5) is 0 Å². The minimum Gasteiger partial charge on any atom is -0.316 e. The molecule has 1 unspecified atom stereocenters.